The van der Waals surface area contributed by atoms with E-state index in [0.717, 1.165) is 23.1 Å². The lowest BCUT2D eigenvalue weighted by Crippen LogP contribution is -2.24. The summed E-state index contributed by atoms with van der Waals surface area (Å²) >= 11 is 1.51. The molecule has 152 valence electrons. The first-order chi connectivity index (χ1) is 13.5. The van der Waals surface area contributed by atoms with E-state index < -0.39 is 0 Å². The van der Waals surface area contributed by atoms with Gasteiger partial charge in [-0.1, -0.05) is 63.1 Å². The number of amides is 1. The Hall–Kier alpha value is -1.82. The van der Waals surface area contributed by atoms with Gasteiger partial charge >= 0.3 is 0 Å². The second kappa shape index (κ2) is 9.59. The number of nitrogens with one attached hydrogen (secondary N) is 1. The van der Waals surface area contributed by atoms with Crippen LogP contribution in [0.3, 0.4) is 0 Å². The number of nitrogens with zero attached hydrogens (tertiary/aromatic N) is 3. The maximum Gasteiger partial charge on any atom is 0.237 e. The van der Waals surface area contributed by atoms with Crippen LogP contribution < -0.4 is 5.32 Å². The smallest absolute Gasteiger partial charge is 0.237 e. The Labute approximate surface area is 172 Å². The average Bonchev–Trinajstić information content (AvgIpc) is 3.08. The molecule has 1 heterocycles. The second-order valence-corrected chi connectivity index (χ2v) is 9.15. The number of benzene rings is 1. The molecule has 1 aliphatic rings. The summed E-state index contributed by atoms with van der Waals surface area (Å²) in [7, 11) is 0. The molecular weight excluding hydrogens is 368 g/mol. The molecule has 1 fully saturated rings. The molecular formula is C22H32N4OS. The van der Waals surface area contributed by atoms with E-state index in [2.05, 4.69) is 40.0 Å². The van der Waals surface area contributed by atoms with E-state index in [9.17, 15) is 4.79 Å². The minimum absolute atomic E-state index is 0.0107. The van der Waals surface area contributed by atoms with Gasteiger partial charge in [-0.25, -0.2) is 0 Å². The fourth-order valence-corrected chi connectivity index (χ4v) is 4.86. The quantitative estimate of drug-likeness (QED) is 0.603. The molecule has 0 radical (unpaired) electrons. The first kappa shape index (κ1) is 20.9. The summed E-state index contributed by atoms with van der Waals surface area (Å²) in [5, 5.41) is 12.4. The zero-order valence-electron chi connectivity index (χ0n) is 17.4. The summed E-state index contributed by atoms with van der Waals surface area (Å²) in [4.78, 5) is 12.9. The Morgan fingerprint density at radius 1 is 1.21 bits per heavy atom. The summed E-state index contributed by atoms with van der Waals surface area (Å²) in [6.07, 6.45) is 7.23. The van der Waals surface area contributed by atoms with E-state index in [1.807, 2.05) is 32.0 Å². The standard InChI is InChI=1S/C22H32N4OS/c1-5-15(2)19-13-9-10-14-20(19)23-21(27)16(3)28-22-25-24-17(4)26(22)18-11-7-6-8-12-18/h9-10,13-16,18H,5-8,11-12H2,1-4H3,(H,23,27). The molecule has 0 aliphatic heterocycles. The van der Waals surface area contributed by atoms with Gasteiger partial charge in [0, 0.05) is 11.7 Å². The summed E-state index contributed by atoms with van der Waals surface area (Å²) in [5.74, 6) is 1.37. The third-order valence-electron chi connectivity index (χ3n) is 5.79. The molecule has 5 nitrogen and oxygen atoms in total. The van der Waals surface area contributed by atoms with Gasteiger partial charge in [0.2, 0.25) is 5.91 Å². The normalized spacial score (nSPS) is 17.3. The molecule has 0 spiro atoms. The maximum absolute atomic E-state index is 12.9. The third-order valence-corrected chi connectivity index (χ3v) is 6.84. The van der Waals surface area contributed by atoms with Crippen molar-refractivity contribution in [1.82, 2.24) is 14.8 Å². The van der Waals surface area contributed by atoms with E-state index in [-0.39, 0.29) is 11.2 Å². The Morgan fingerprint density at radius 2 is 1.93 bits per heavy atom. The minimum atomic E-state index is -0.240. The molecule has 1 aromatic heterocycles. The second-order valence-electron chi connectivity index (χ2n) is 7.84. The zero-order valence-corrected chi connectivity index (χ0v) is 18.3. The van der Waals surface area contributed by atoms with Crippen LogP contribution in [0.1, 0.15) is 82.6 Å². The van der Waals surface area contributed by atoms with Gasteiger partial charge in [0.25, 0.3) is 0 Å². The first-order valence-corrected chi connectivity index (χ1v) is 11.4. The average molecular weight is 401 g/mol. The van der Waals surface area contributed by atoms with Crippen molar-refractivity contribution in [3.05, 3.63) is 35.7 Å². The van der Waals surface area contributed by atoms with Crippen molar-refractivity contribution in [2.24, 2.45) is 0 Å². The number of carbonyl (C=O) groups is 1. The lowest BCUT2D eigenvalue weighted by atomic mass is 9.95. The van der Waals surface area contributed by atoms with E-state index in [1.165, 1.54) is 49.4 Å². The van der Waals surface area contributed by atoms with E-state index in [1.54, 1.807) is 0 Å². The molecule has 0 bridgehead atoms. The highest BCUT2D eigenvalue weighted by Gasteiger charge is 2.25. The van der Waals surface area contributed by atoms with Crippen molar-refractivity contribution in [1.29, 1.82) is 0 Å². The van der Waals surface area contributed by atoms with Crippen LogP contribution >= 0.6 is 11.8 Å². The number of carbonyl (C=O) groups excluding carboxylic acids is 1. The first-order valence-electron chi connectivity index (χ1n) is 10.5. The summed E-state index contributed by atoms with van der Waals surface area (Å²) < 4.78 is 2.25. The van der Waals surface area contributed by atoms with Gasteiger partial charge in [-0.2, -0.15) is 0 Å². The van der Waals surface area contributed by atoms with Crippen LogP contribution in [0, 0.1) is 6.92 Å². The SMILES string of the molecule is CCC(C)c1ccccc1NC(=O)C(C)Sc1nnc(C)n1C1CCCCC1. The molecule has 1 aliphatic carbocycles. The highest BCUT2D eigenvalue weighted by atomic mass is 32.2. The van der Waals surface area contributed by atoms with Crippen LogP contribution in [0.2, 0.25) is 0 Å². The summed E-state index contributed by atoms with van der Waals surface area (Å²) in [6, 6.07) is 8.57. The van der Waals surface area contributed by atoms with Gasteiger partial charge in [0.05, 0.1) is 5.25 Å². The molecule has 0 saturated heterocycles. The van der Waals surface area contributed by atoms with E-state index >= 15 is 0 Å². The van der Waals surface area contributed by atoms with Crippen LogP contribution in [0.5, 0.6) is 0 Å². The number of anilines is 1. The maximum atomic E-state index is 12.9. The Bertz CT molecular complexity index is 798. The zero-order chi connectivity index (χ0) is 20.1. The molecule has 1 N–H and O–H groups in total. The van der Waals surface area contributed by atoms with Crippen molar-refractivity contribution in [2.45, 2.75) is 88.6 Å². The molecule has 1 amide bonds. The Kier molecular flexibility index (Phi) is 7.16. The lowest BCUT2D eigenvalue weighted by Gasteiger charge is -2.25. The van der Waals surface area contributed by atoms with Crippen LogP contribution in [-0.2, 0) is 4.79 Å². The van der Waals surface area contributed by atoms with Crippen molar-refractivity contribution in [3.8, 4) is 0 Å². The highest BCUT2D eigenvalue weighted by molar-refractivity contribution is 8.00. The van der Waals surface area contributed by atoms with Gasteiger partial charge in [-0.3, -0.25) is 4.79 Å². The van der Waals surface area contributed by atoms with Gasteiger partial charge in [0.15, 0.2) is 5.16 Å². The minimum Gasteiger partial charge on any atom is -0.325 e. The molecule has 2 unspecified atom stereocenters. The van der Waals surface area contributed by atoms with Gasteiger partial charge < -0.3 is 9.88 Å². The fraction of sp³-hybridized carbons (Fsp3) is 0.591. The predicted molar refractivity (Wildman–Crippen MR) is 116 cm³/mol. The van der Waals surface area contributed by atoms with Crippen molar-refractivity contribution < 1.29 is 4.79 Å². The summed E-state index contributed by atoms with van der Waals surface area (Å²) in [6.45, 7) is 8.32. The van der Waals surface area contributed by atoms with Crippen molar-refractivity contribution >= 4 is 23.4 Å². The molecule has 2 aromatic rings. The van der Waals surface area contributed by atoms with Crippen LogP contribution in [0.15, 0.2) is 29.4 Å². The molecule has 6 heteroatoms. The van der Waals surface area contributed by atoms with Crippen molar-refractivity contribution in [3.63, 3.8) is 0 Å². The molecule has 1 aromatic carbocycles. The Balaban J connectivity index is 1.71. The third kappa shape index (κ3) is 4.77. The number of aromatic nitrogens is 3. The number of para-hydroxylation sites is 1. The fourth-order valence-electron chi connectivity index (χ4n) is 3.90. The number of hydrogen-bond acceptors (Lipinski definition) is 4. The Morgan fingerprint density at radius 3 is 2.64 bits per heavy atom. The van der Waals surface area contributed by atoms with E-state index in [0.29, 0.717) is 12.0 Å². The number of hydrogen-bond donors (Lipinski definition) is 1. The van der Waals surface area contributed by atoms with Crippen LogP contribution in [0.4, 0.5) is 5.69 Å². The van der Waals surface area contributed by atoms with Gasteiger partial charge in [-0.05, 0) is 50.7 Å². The largest absolute Gasteiger partial charge is 0.325 e. The number of thioether (sulfide) groups is 1. The topological polar surface area (TPSA) is 59.8 Å². The molecule has 3 rings (SSSR count). The molecule has 1 saturated carbocycles. The number of rotatable bonds is 7. The van der Waals surface area contributed by atoms with Crippen LogP contribution in [-0.4, -0.2) is 25.9 Å². The number of aryl methyl sites for hydroxylation is 1. The monoisotopic (exact) mass is 400 g/mol. The van der Waals surface area contributed by atoms with Gasteiger partial charge in [-0.15, -0.1) is 10.2 Å². The van der Waals surface area contributed by atoms with Crippen LogP contribution in [0.25, 0.3) is 0 Å². The van der Waals surface area contributed by atoms with Gasteiger partial charge in [0.1, 0.15) is 5.82 Å². The lowest BCUT2D eigenvalue weighted by molar-refractivity contribution is -0.115. The molecule has 28 heavy (non-hydrogen) atoms. The van der Waals surface area contributed by atoms with E-state index in [4.69, 9.17) is 0 Å². The van der Waals surface area contributed by atoms with Crippen molar-refractivity contribution in [2.75, 3.05) is 5.32 Å². The summed E-state index contributed by atoms with van der Waals surface area (Å²) in [5.41, 5.74) is 2.11. The highest BCUT2D eigenvalue weighted by Crippen LogP contribution is 2.34. The predicted octanol–water partition coefficient (Wildman–Crippen LogP) is 5.72. The molecule has 2 atom stereocenters.